The van der Waals surface area contributed by atoms with Crippen molar-refractivity contribution in [2.75, 3.05) is 11.9 Å². The summed E-state index contributed by atoms with van der Waals surface area (Å²) in [5, 5.41) is 14.0. The summed E-state index contributed by atoms with van der Waals surface area (Å²) in [5.74, 6) is 2.52. The molecule has 0 fully saturated rings. The van der Waals surface area contributed by atoms with E-state index in [1.165, 1.54) is 0 Å². The third-order valence-corrected chi connectivity index (χ3v) is 3.74. The molecule has 106 valence electrons. The molecule has 2 rings (SSSR count). The van der Waals surface area contributed by atoms with Crippen molar-refractivity contribution in [1.82, 2.24) is 0 Å². The Balaban J connectivity index is 2.01. The van der Waals surface area contributed by atoms with Gasteiger partial charge in [-0.05, 0) is 30.7 Å². The Labute approximate surface area is 121 Å². The quantitative estimate of drug-likeness (QED) is 0.616. The molecule has 20 heavy (non-hydrogen) atoms. The lowest BCUT2D eigenvalue weighted by Gasteiger charge is -2.07. The fourth-order valence-corrected chi connectivity index (χ4v) is 2.71. The molecule has 5 nitrogen and oxygen atoms in total. The third-order valence-electron chi connectivity index (χ3n) is 2.72. The first kappa shape index (κ1) is 14.5. The van der Waals surface area contributed by atoms with Crippen LogP contribution in [0.15, 0.2) is 41.0 Å². The Morgan fingerprint density at radius 1 is 1.35 bits per heavy atom. The molecule has 0 aliphatic heterocycles. The van der Waals surface area contributed by atoms with E-state index in [1.807, 2.05) is 25.1 Å². The Hall–Kier alpha value is -1.95. The number of anilines is 1. The molecule has 0 saturated heterocycles. The predicted molar refractivity (Wildman–Crippen MR) is 81.0 cm³/mol. The van der Waals surface area contributed by atoms with Crippen molar-refractivity contribution in [3.63, 3.8) is 0 Å². The molecular formula is C14H16N2O3S. The fourth-order valence-electron chi connectivity index (χ4n) is 1.83. The molecule has 1 N–H and O–H groups in total. The van der Waals surface area contributed by atoms with Crippen molar-refractivity contribution in [2.24, 2.45) is 0 Å². The van der Waals surface area contributed by atoms with Gasteiger partial charge in [-0.15, -0.1) is 11.8 Å². The summed E-state index contributed by atoms with van der Waals surface area (Å²) < 4.78 is 5.26. The minimum absolute atomic E-state index is 0.117. The lowest BCUT2D eigenvalue weighted by atomic mass is 10.2. The Morgan fingerprint density at radius 2 is 2.20 bits per heavy atom. The summed E-state index contributed by atoms with van der Waals surface area (Å²) in [6, 6.07) is 9.00. The average molecular weight is 292 g/mol. The Kier molecular flexibility index (Phi) is 5.06. The number of rotatable bonds is 7. The maximum atomic E-state index is 10.9. The summed E-state index contributed by atoms with van der Waals surface area (Å²) in [5.41, 5.74) is 1.75. The minimum Gasteiger partial charge on any atom is -0.468 e. The SMILES string of the molecule is CCNc1cc(CSCc2ccco2)ccc1[N+](=O)[O-]. The van der Waals surface area contributed by atoms with Crippen molar-refractivity contribution < 1.29 is 9.34 Å². The zero-order chi connectivity index (χ0) is 14.4. The molecule has 6 heteroatoms. The molecule has 0 aliphatic rings. The largest absolute Gasteiger partial charge is 0.468 e. The number of benzene rings is 1. The van der Waals surface area contributed by atoms with Crippen LogP contribution < -0.4 is 5.32 Å². The molecule has 0 radical (unpaired) electrons. The van der Waals surface area contributed by atoms with Crippen molar-refractivity contribution in [3.8, 4) is 0 Å². The smallest absolute Gasteiger partial charge is 0.292 e. The van der Waals surface area contributed by atoms with Crippen molar-refractivity contribution in [3.05, 3.63) is 58.0 Å². The van der Waals surface area contributed by atoms with Gasteiger partial charge >= 0.3 is 0 Å². The summed E-state index contributed by atoms with van der Waals surface area (Å²) >= 11 is 1.71. The van der Waals surface area contributed by atoms with E-state index >= 15 is 0 Å². The predicted octanol–water partition coefficient (Wildman–Crippen LogP) is 4.05. The van der Waals surface area contributed by atoms with Crippen LogP contribution in [0.1, 0.15) is 18.2 Å². The molecule has 1 aromatic heterocycles. The van der Waals surface area contributed by atoms with Gasteiger partial charge in [0.05, 0.1) is 16.9 Å². The van der Waals surface area contributed by atoms with Gasteiger partial charge in [0.25, 0.3) is 5.69 Å². The highest BCUT2D eigenvalue weighted by molar-refractivity contribution is 7.97. The van der Waals surface area contributed by atoms with Crippen LogP contribution in [0.5, 0.6) is 0 Å². The van der Waals surface area contributed by atoms with Crippen LogP contribution in [0, 0.1) is 10.1 Å². The van der Waals surface area contributed by atoms with Crippen LogP contribution in [0.3, 0.4) is 0 Å². The molecule has 1 aromatic carbocycles. The molecular weight excluding hydrogens is 276 g/mol. The van der Waals surface area contributed by atoms with Gasteiger partial charge in [0, 0.05) is 18.4 Å². The highest BCUT2D eigenvalue weighted by Gasteiger charge is 2.13. The number of nitrogens with one attached hydrogen (secondary N) is 1. The zero-order valence-corrected chi connectivity index (χ0v) is 12.0. The molecule has 0 amide bonds. The van der Waals surface area contributed by atoms with Crippen molar-refractivity contribution in [2.45, 2.75) is 18.4 Å². The van der Waals surface area contributed by atoms with Crippen LogP contribution in [0.25, 0.3) is 0 Å². The number of hydrogen-bond donors (Lipinski definition) is 1. The molecule has 0 aliphatic carbocycles. The van der Waals surface area contributed by atoms with E-state index in [0.717, 1.165) is 22.8 Å². The van der Waals surface area contributed by atoms with Crippen LogP contribution in [0.2, 0.25) is 0 Å². The molecule has 0 atom stereocenters. The van der Waals surface area contributed by atoms with E-state index in [0.29, 0.717) is 12.2 Å². The topological polar surface area (TPSA) is 68.3 Å². The minimum atomic E-state index is -0.363. The van der Waals surface area contributed by atoms with E-state index in [1.54, 1.807) is 30.2 Å². The second-order valence-corrected chi connectivity index (χ2v) is 5.20. The van der Waals surface area contributed by atoms with Gasteiger partial charge in [0.15, 0.2) is 0 Å². The van der Waals surface area contributed by atoms with E-state index in [2.05, 4.69) is 5.32 Å². The first-order chi connectivity index (χ1) is 9.70. The highest BCUT2D eigenvalue weighted by atomic mass is 32.2. The van der Waals surface area contributed by atoms with Crippen molar-refractivity contribution in [1.29, 1.82) is 0 Å². The summed E-state index contributed by atoms with van der Waals surface area (Å²) in [6.07, 6.45) is 1.66. The van der Waals surface area contributed by atoms with Gasteiger partial charge in [-0.3, -0.25) is 10.1 Å². The van der Waals surface area contributed by atoms with E-state index < -0.39 is 0 Å². The van der Waals surface area contributed by atoms with E-state index in [4.69, 9.17) is 4.42 Å². The van der Waals surface area contributed by atoms with Crippen LogP contribution >= 0.6 is 11.8 Å². The van der Waals surface area contributed by atoms with E-state index in [9.17, 15) is 10.1 Å². The lowest BCUT2D eigenvalue weighted by molar-refractivity contribution is -0.384. The standard InChI is InChI=1S/C14H16N2O3S/c1-2-15-13-8-11(5-6-14(13)16(17)18)9-20-10-12-4-3-7-19-12/h3-8,15H,2,9-10H2,1H3. The normalized spacial score (nSPS) is 10.4. The average Bonchev–Trinajstić information content (AvgIpc) is 2.92. The number of nitro groups is 1. The number of nitro benzene ring substituents is 1. The second kappa shape index (κ2) is 7.00. The van der Waals surface area contributed by atoms with Gasteiger partial charge in [0.1, 0.15) is 11.4 Å². The van der Waals surface area contributed by atoms with E-state index in [-0.39, 0.29) is 10.6 Å². The fraction of sp³-hybridized carbons (Fsp3) is 0.286. The monoisotopic (exact) mass is 292 g/mol. The van der Waals surface area contributed by atoms with Gasteiger partial charge in [-0.1, -0.05) is 6.07 Å². The highest BCUT2D eigenvalue weighted by Crippen LogP contribution is 2.27. The van der Waals surface area contributed by atoms with Crippen molar-refractivity contribution >= 4 is 23.1 Å². The van der Waals surface area contributed by atoms with Crippen LogP contribution in [0.4, 0.5) is 11.4 Å². The van der Waals surface area contributed by atoms with Gasteiger partial charge in [0.2, 0.25) is 0 Å². The van der Waals surface area contributed by atoms with Gasteiger partial charge < -0.3 is 9.73 Å². The first-order valence-electron chi connectivity index (χ1n) is 6.32. The Morgan fingerprint density at radius 3 is 2.85 bits per heavy atom. The number of nitrogens with zero attached hydrogens (tertiary/aromatic N) is 1. The zero-order valence-electron chi connectivity index (χ0n) is 11.2. The number of furan rings is 1. The molecule has 0 spiro atoms. The number of thioether (sulfide) groups is 1. The molecule has 0 unspecified atom stereocenters. The lowest BCUT2D eigenvalue weighted by Crippen LogP contribution is -2.01. The van der Waals surface area contributed by atoms with Gasteiger partial charge in [-0.25, -0.2) is 0 Å². The molecule has 2 aromatic rings. The second-order valence-electron chi connectivity index (χ2n) is 4.21. The summed E-state index contributed by atoms with van der Waals surface area (Å²) in [7, 11) is 0. The first-order valence-corrected chi connectivity index (χ1v) is 7.47. The molecule has 0 bridgehead atoms. The summed E-state index contributed by atoms with van der Waals surface area (Å²) in [6.45, 7) is 2.58. The van der Waals surface area contributed by atoms with Gasteiger partial charge in [-0.2, -0.15) is 0 Å². The number of hydrogen-bond acceptors (Lipinski definition) is 5. The maximum absolute atomic E-state index is 10.9. The molecule has 1 heterocycles. The van der Waals surface area contributed by atoms with Crippen LogP contribution in [-0.4, -0.2) is 11.5 Å². The van der Waals surface area contributed by atoms with Crippen LogP contribution in [-0.2, 0) is 11.5 Å². The Bertz CT molecular complexity index is 570. The maximum Gasteiger partial charge on any atom is 0.292 e. The third kappa shape index (κ3) is 3.77. The summed E-state index contributed by atoms with van der Waals surface area (Å²) in [4.78, 5) is 10.6. The molecule has 0 saturated carbocycles.